The summed E-state index contributed by atoms with van der Waals surface area (Å²) >= 11 is 1.45. The van der Waals surface area contributed by atoms with E-state index in [-0.39, 0.29) is 18.3 Å². The Hall–Kier alpha value is -3.46. The Balaban J connectivity index is 1.41. The number of hydrogen-bond acceptors (Lipinski definition) is 6. The Morgan fingerprint density at radius 3 is 2.87 bits per heavy atom. The summed E-state index contributed by atoms with van der Waals surface area (Å²) in [5.74, 6) is 0.944. The number of thioether (sulfide) groups is 1. The van der Waals surface area contributed by atoms with Crippen LogP contribution in [0.15, 0.2) is 70.6 Å². The van der Waals surface area contributed by atoms with Crippen LogP contribution < -0.4 is 5.32 Å². The zero-order valence-corrected chi connectivity index (χ0v) is 16.9. The third kappa shape index (κ3) is 4.57. The van der Waals surface area contributed by atoms with Gasteiger partial charge >= 0.3 is 0 Å². The normalized spacial score (nSPS) is 10.9. The van der Waals surface area contributed by atoms with E-state index in [0.717, 1.165) is 4.90 Å². The summed E-state index contributed by atoms with van der Waals surface area (Å²) in [7, 11) is 0. The largest absolute Gasteiger partial charge is 0.348 e. The molecule has 0 saturated carbocycles. The topological polar surface area (TPSA) is 85.8 Å². The Morgan fingerprint density at radius 1 is 1.27 bits per heavy atom. The molecular weight excluding hydrogens is 405 g/mol. The molecule has 0 aliphatic rings. The number of nitrogens with one attached hydrogen (secondary N) is 1. The Morgan fingerprint density at radius 2 is 2.13 bits per heavy atom. The summed E-state index contributed by atoms with van der Waals surface area (Å²) in [6.07, 6.45) is 4.79. The van der Waals surface area contributed by atoms with E-state index >= 15 is 0 Å². The van der Waals surface area contributed by atoms with Gasteiger partial charge in [-0.05, 0) is 29.8 Å². The molecule has 152 valence electrons. The lowest BCUT2D eigenvalue weighted by molar-refractivity contribution is 0.0948. The minimum absolute atomic E-state index is 0.211. The van der Waals surface area contributed by atoms with Crippen molar-refractivity contribution < 1.29 is 13.7 Å². The molecule has 7 nitrogen and oxygen atoms in total. The van der Waals surface area contributed by atoms with Crippen molar-refractivity contribution in [1.29, 1.82) is 0 Å². The summed E-state index contributed by atoms with van der Waals surface area (Å²) in [6.45, 7) is 1.94. The van der Waals surface area contributed by atoms with Gasteiger partial charge in [-0.3, -0.25) is 4.79 Å². The Labute approximate surface area is 176 Å². The van der Waals surface area contributed by atoms with E-state index in [1.165, 1.54) is 24.2 Å². The molecule has 0 fully saturated rings. The predicted octanol–water partition coefficient (Wildman–Crippen LogP) is 3.93. The zero-order valence-electron chi connectivity index (χ0n) is 16.1. The number of nitrogens with zero attached hydrogens (tertiary/aromatic N) is 4. The first-order valence-electron chi connectivity index (χ1n) is 9.16. The predicted molar refractivity (Wildman–Crippen MR) is 110 cm³/mol. The second-order valence-corrected chi connectivity index (χ2v) is 7.47. The van der Waals surface area contributed by atoms with Gasteiger partial charge in [0.25, 0.3) is 5.91 Å². The number of amides is 1. The summed E-state index contributed by atoms with van der Waals surface area (Å²) in [5, 5.41) is 6.72. The number of carbonyl (C=O) groups is 1. The molecule has 9 heteroatoms. The van der Waals surface area contributed by atoms with Gasteiger partial charge in [-0.25, -0.2) is 9.37 Å². The van der Waals surface area contributed by atoms with Crippen molar-refractivity contribution in [3.05, 3.63) is 89.8 Å². The number of carbonyl (C=O) groups excluding carboxylic acids is 1. The quantitative estimate of drug-likeness (QED) is 0.454. The van der Waals surface area contributed by atoms with Crippen LogP contribution in [0.25, 0.3) is 5.69 Å². The van der Waals surface area contributed by atoms with Gasteiger partial charge in [0, 0.05) is 30.8 Å². The van der Waals surface area contributed by atoms with E-state index in [0.29, 0.717) is 34.3 Å². The fourth-order valence-corrected chi connectivity index (χ4v) is 3.76. The standard InChI is InChI=1S/C21H18FN5O2S/c1-14-25-20(26-29-14)12-30-19-5-3-2-4-16(19)21(28)24-11-15-6-7-18(17(22)10-15)27-9-8-23-13-27/h2-10,13H,11-12H2,1H3,(H,24,28). The molecule has 0 saturated heterocycles. The maximum Gasteiger partial charge on any atom is 0.252 e. The van der Waals surface area contributed by atoms with Crippen LogP contribution in [0.5, 0.6) is 0 Å². The molecule has 0 spiro atoms. The maximum atomic E-state index is 14.4. The maximum absolute atomic E-state index is 14.4. The number of aryl methyl sites for hydroxylation is 1. The summed E-state index contributed by atoms with van der Waals surface area (Å²) in [6, 6.07) is 12.1. The highest BCUT2D eigenvalue weighted by Gasteiger charge is 2.13. The fraction of sp³-hybridized carbons (Fsp3) is 0.143. The minimum atomic E-state index is -0.383. The van der Waals surface area contributed by atoms with E-state index < -0.39 is 0 Å². The first kappa shape index (κ1) is 19.8. The zero-order chi connectivity index (χ0) is 20.9. The molecule has 2 heterocycles. The molecule has 4 aromatic rings. The molecule has 30 heavy (non-hydrogen) atoms. The monoisotopic (exact) mass is 423 g/mol. The first-order chi connectivity index (χ1) is 14.6. The minimum Gasteiger partial charge on any atom is -0.348 e. The van der Waals surface area contributed by atoms with Crippen LogP contribution in [0.3, 0.4) is 0 Å². The van der Waals surface area contributed by atoms with Crippen LogP contribution in [-0.4, -0.2) is 25.6 Å². The van der Waals surface area contributed by atoms with Gasteiger partial charge in [0.2, 0.25) is 5.89 Å². The highest BCUT2D eigenvalue weighted by molar-refractivity contribution is 7.98. The molecule has 4 rings (SSSR count). The van der Waals surface area contributed by atoms with Gasteiger partial charge in [0.15, 0.2) is 5.82 Å². The second kappa shape index (κ2) is 8.91. The molecule has 2 aromatic heterocycles. The van der Waals surface area contributed by atoms with Crippen LogP contribution in [0.2, 0.25) is 0 Å². The van der Waals surface area contributed by atoms with Crippen LogP contribution in [0.4, 0.5) is 4.39 Å². The van der Waals surface area contributed by atoms with Crippen LogP contribution in [0, 0.1) is 12.7 Å². The van der Waals surface area contributed by atoms with Gasteiger partial charge in [0.1, 0.15) is 5.82 Å². The molecule has 0 radical (unpaired) electrons. The molecule has 1 amide bonds. The number of aromatic nitrogens is 4. The SMILES string of the molecule is Cc1nc(CSc2ccccc2C(=O)NCc2ccc(-n3ccnc3)c(F)c2)no1. The number of halogens is 1. The summed E-state index contributed by atoms with van der Waals surface area (Å²) in [4.78, 5) is 21.6. The average Bonchev–Trinajstić information content (AvgIpc) is 3.43. The second-order valence-electron chi connectivity index (χ2n) is 6.45. The van der Waals surface area contributed by atoms with Crippen molar-refractivity contribution in [2.75, 3.05) is 0 Å². The number of hydrogen-bond donors (Lipinski definition) is 1. The first-order valence-corrected chi connectivity index (χ1v) is 10.1. The average molecular weight is 423 g/mol. The van der Waals surface area contributed by atoms with Crippen molar-refractivity contribution in [3.63, 3.8) is 0 Å². The molecule has 0 aliphatic heterocycles. The van der Waals surface area contributed by atoms with Crippen molar-refractivity contribution in [1.82, 2.24) is 25.0 Å². The van der Waals surface area contributed by atoms with Crippen LogP contribution in [-0.2, 0) is 12.3 Å². The van der Waals surface area contributed by atoms with Crippen LogP contribution in [0.1, 0.15) is 27.6 Å². The molecule has 0 atom stereocenters. The van der Waals surface area contributed by atoms with E-state index in [1.807, 2.05) is 12.1 Å². The van der Waals surface area contributed by atoms with Gasteiger partial charge in [-0.15, -0.1) is 11.8 Å². The van der Waals surface area contributed by atoms with Crippen molar-refractivity contribution in [2.45, 2.75) is 24.1 Å². The molecule has 0 bridgehead atoms. The fourth-order valence-electron chi connectivity index (χ4n) is 2.87. The summed E-state index contributed by atoms with van der Waals surface area (Å²) < 4.78 is 21.0. The Kier molecular flexibility index (Phi) is 5.89. The molecule has 0 unspecified atom stereocenters. The number of imidazole rings is 1. The lowest BCUT2D eigenvalue weighted by Crippen LogP contribution is -2.23. The Bertz CT molecular complexity index is 1160. The lowest BCUT2D eigenvalue weighted by Gasteiger charge is -2.10. The van der Waals surface area contributed by atoms with E-state index in [2.05, 4.69) is 20.4 Å². The molecule has 1 N–H and O–H groups in total. The van der Waals surface area contributed by atoms with E-state index in [4.69, 9.17) is 4.52 Å². The summed E-state index contributed by atoms with van der Waals surface area (Å²) in [5.41, 5.74) is 1.61. The van der Waals surface area contributed by atoms with E-state index in [9.17, 15) is 9.18 Å². The van der Waals surface area contributed by atoms with Gasteiger partial charge in [-0.2, -0.15) is 4.98 Å². The highest BCUT2D eigenvalue weighted by Crippen LogP contribution is 2.25. The third-order valence-electron chi connectivity index (χ3n) is 4.31. The smallest absolute Gasteiger partial charge is 0.252 e. The highest BCUT2D eigenvalue weighted by atomic mass is 32.2. The van der Waals surface area contributed by atoms with Crippen molar-refractivity contribution in [2.24, 2.45) is 0 Å². The van der Waals surface area contributed by atoms with Gasteiger partial charge in [-0.1, -0.05) is 23.4 Å². The number of benzene rings is 2. The third-order valence-corrected chi connectivity index (χ3v) is 5.38. The van der Waals surface area contributed by atoms with Crippen molar-refractivity contribution >= 4 is 17.7 Å². The van der Waals surface area contributed by atoms with Crippen LogP contribution >= 0.6 is 11.8 Å². The lowest BCUT2D eigenvalue weighted by atomic mass is 10.1. The number of rotatable bonds is 7. The molecule has 2 aromatic carbocycles. The van der Waals surface area contributed by atoms with E-state index in [1.54, 1.807) is 48.1 Å². The van der Waals surface area contributed by atoms with Gasteiger partial charge < -0.3 is 14.4 Å². The molecular formula is C21H18FN5O2S. The van der Waals surface area contributed by atoms with Gasteiger partial charge in [0.05, 0.1) is 23.3 Å². The molecule has 0 aliphatic carbocycles. The van der Waals surface area contributed by atoms with Crippen molar-refractivity contribution in [3.8, 4) is 5.69 Å².